The van der Waals surface area contributed by atoms with Crippen molar-refractivity contribution < 1.29 is 4.42 Å². The lowest BCUT2D eigenvalue weighted by atomic mass is 10.0. The zero-order valence-corrected chi connectivity index (χ0v) is 31.9. The van der Waals surface area contributed by atoms with Crippen LogP contribution in [-0.2, 0) is 0 Å². The Morgan fingerprint density at radius 3 is 1.80 bits per heavy atom. The third-order valence-corrected chi connectivity index (χ3v) is 12.5. The Morgan fingerprint density at radius 1 is 0.467 bits per heavy atom. The van der Waals surface area contributed by atoms with Crippen LogP contribution in [-0.4, -0.2) is 13.7 Å². The molecule has 0 saturated carbocycles. The fraction of sp³-hybridized carbons (Fsp3) is 0. The third kappa shape index (κ3) is 4.23. The van der Waals surface area contributed by atoms with Gasteiger partial charge in [0, 0.05) is 48.8 Å². The molecule has 0 aliphatic rings. The predicted octanol–water partition coefficient (Wildman–Crippen LogP) is 14.5. The van der Waals surface area contributed by atoms with Crippen LogP contribution < -0.4 is 0 Å². The number of para-hydroxylation sites is 4. The Labute approximate surface area is 342 Å². The number of benzene rings is 9. The maximum absolute atomic E-state index is 11.1. The Morgan fingerprint density at radius 2 is 1.07 bits per heavy atom. The van der Waals surface area contributed by atoms with E-state index in [9.17, 15) is 5.26 Å². The molecule has 0 radical (unpaired) electrons. The Kier molecular flexibility index (Phi) is 6.48. The van der Waals surface area contributed by atoms with Gasteiger partial charge in [0.1, 0.15) is 11.7 Å². The molecule has 4 aromatic heterocycles. The number of nitrogens with zero attached hydrogens (tertiary/aromatic N) is 5. The van der Waals surface area contributed by atoms with Crippen molar-refractivity contribution in [1.29, 1.82) is 5.26 Å². The van der Waals surface area contributed by atoms with Crippen molar-refractivity contribution in [2.45, 2.75) is 0 Å². The van der Waals surface area contributed by atoms with Gasteiger partial charge in [-0.3, -0.25) is 0 Å². The lowest BCUT2D eigenvalue weighted by Gasteiger charge is -2.16. The summed E-state index contributed by atoms with van der Waals surface area (Å²) in [5, 5.41) is 22.0. The van der Waals surface area contributed by atoms with Crippen LogP contribution in [0.5, 0.6) is 0 Å². The first kappa shape index (κ1) is 32.5. The zero-order chi connectivity index (χ0) is 39.6. The van der Waals surface area contributed by atoms with E-state index >= 15 is 0 Å². The Bertz CT molecular complexity index is 4050. The van der Waals surface area contributed by atoms with Gasteiger partial charge in [-0.05, 0) is 77.5 Å². The van der Waals surface area contributed by atoms with Gasteiger partial charge in [0.2, 0.25) is 5.69 Å². The predicted molar refractivity (Wildman–Crippen MR) is 245 cm³/mol. The molecular weight excluding hydrogens is 735 g/mol. The fourth-order valence-electron chi connectivity index (χ4n) is 9.97. The summed E-state index contributed by atoms with van der Waals surface area (Å²) in [4.78, 5) is 4.20. The van der Waals surface area contributed by atoms with Crippen molar-refractivity contribution in [3.63, 3.8) is 0 Å². The van der Waals surface area contributed by atoms with E-state index in [1.54, 1.807) is 0 Å². The van der Waals surface area contributed by atoms with Crippen LogP contribution in [0.2, 0.25) is 0 Å². The molecule has 60 heavy (non-hydrogen) atoms. The molecule has 0 aliphatic heterocycles. The Hall–Kier alpha value is -8.58. The van der Waals surface area contributed by atoms with Crippen LogP contribution in [0.1, 0.15) is 5.56 Å². The number of nitriles is 1. The highest BCUT2D eigenvalue weighted by Crippen LogP contribution is 2.45. The van der Waals surface area contributed by atoms with Crippen LogP contribution in [0.4, 0.5) is 5.69 Å². The summed E-state index contributed by atoms with van der Waals surface area (Å²) in [6, 6.07) is 63.4. The summed E-state index contributed by atoms with van der Waals surface area (Å²) in [5.74, 6) is 0. The average molecular weight is 764 g/mol. The summed E-state index contributed by atoms with van der Waals surface area (Å²) in [5.41, 5.74) is 10.8. The first-order valence-electron chi connectivity index (χ1n) is 19.9. The number of hydrogen-bond acceptors (Lipinski definition) is 2. The standard InChI is InChI=1S/C54H29N5O/c1-56-43-30-49(33(31-55)28-50(43)59-46-20-10-6-16-38(46)40-24-25-41-39-17-7-11-21-51(39)60-54(41)53(40)59)58-47-27-23-34(29-42(47)52-35-13-3-2-12-32(35)22-26-48(52)58)57-44-18-8-4-14-36(44)37-15-5-9-19-45(37)57/h2-30H. The monoisotopic (exact) mass is 763 g/mol. The summed E-state index contributed by atoms with van der Waals surface area (Å²) >= 11 is 0. The fourth-order valence-corrected chi connectivity index (χ4v) is 9.97. The van der Waals surface area contributed by atoms with Crippen LogP contribution >= 0.6 is 0 Å². The molecule has 0 amide bonds. The van der Waals surface area contributed by atoms with Crippen molar-refractivity contribution in [3.05, 3.63) is 193 Å². The maximum atomic E-state index is 11.1. The molecule has 0 bridgehead atoms. The normalized spacial score (nSPS) is 12.0. The summed E-state index contributed by atoms with van der Waals surface area (Å²) in [6.07, 6.45) is 0. The molecule has 6 nitrogen and oxygen atoms in total. The van der Waals surface area contributed by atoms with Gasteiger partial charge >= 0.3 is 0 Å². The van der Waals surface area contributed by atoms with E-state index in [-0.39, 0.29) is 0 Å². The van der Waals surface area contributed by atoms with E-state index < -0.39 is 0 Å². The molecule has 13 aromatic rings. The van der Waals surface area contributed by atoms with Gasteiger partial charge in [-0.1, -0.05) is 109 Å². The van der Waals surface area contributed by atoms with E-state index in [4.69, 9.17) is 11.0 Å². The highest BCUT2D eigenvalue weighted by Gasteiger charge is 2.24. The minimum atomic E-state index is 0.428. The molecular formula is C54H29N5O. The van der Waals surface area contributed by atoms with Crippen molar-refractivity contribution in [2.24, 2.45) is 0 Å². The SMILES string of the molecule is [C-]#[N+]c1cc(-n2c3ccc(-n4c5ccccc5c5ccccc54)cc3c3c4ccccc4ccc32)c(C#N)cc1-n1c2ccccc2c2ccc3c4ccccc4oc3c21. The zero-order valence-electron chi connectivity index (χ0n) is 31.9. The molecule has 0 saturated heterocycles. The first-order chi connectivity index (χ1) is 29.7. The molecule has 276 valence electrons. The smallest absolute Gasteiger partial charge is 0.212 e. The van der Waals surface area contributed by atoms with Crippen LogP contribution in [0.3, 0.4) is 0 Å². The van der Waals surface area contributed by atoms with Gasteiger partial charge in [-0.2, -0.15) is 5.26 Å². The van der Waals surface area contributed by atoms with Crippen molar-refractivity contribution in [2.75, 3.05) is 0 Å². The van der Waals surface area contributed by atoms with Crippen molar-refractivity contribution >= 4 is 104 Å². The molecule has 0 unspecified atom stereocenters. The average Bonchev–Trinajstić information content (AvgIpc) is 4.05. The van der Waals surface area contributed by atoms with Gasteiger partial charge in [0.05, 0.1) is 56.6 Å². The molecule has 0 fully saturated rings. The second-order valence-electron chi connectivity index (χ2n) is 15.5. The van der Waals surface area contributed by atoms with E-state index in [0.717, 1.165) is 93.0 Å². The van der Waals surface area contributed by atoms with Crippen LogP contribution in [0, 0.1) is 17.9 Å². The number of fused-ring (bicyclic) bond motifs is 15. The molecule has 13 rings (SSSR count). The van der Waals surface area contributed by atoms with Gasteiger partial charge in [0.15, 0.2) is 5.58 Å². The lowest BCUT2D eigenvalue weighted by Crippen LogP contribution is -2.02. The summed E-state index contributed by atoms with van der Waals surface area (Å²) < 4.78 is 13.2. The Balaban J connectivity index is 1.12. The third-order valence-electron chi connectivity index (χ3n) is 12.5. The maximum Gasteiger partial charge on any atom is 0.212 e. The molecule has 4 heterocycles. The molecule has 6 heteroatoms. The first-order valence-corrected chi connectivity index (χ1v) is 19.9. The molecule has 0 N–H and O–H groups in total. The lowest BCUT2D eigenvalue weighted by molar-refractivity contribution is 0.671. The van der Waals surface area contributed by atoms with Crippen molar-refractivity contribution in [3.8, 4) is 23.1 Å². The second-order valence-corrected chi connectivity index (χ2v) is 15.5. The highest BCUT2D eigenvalue weighted by molar-refractivity contribution is 6.23. The van der Waals surface area contributed by atoms with Crippen molar-refractivity contribution in [1.82, 2.24) is 13.7 Å². The molecule has 0 atom stereocenters. The van der Waals surface area contributed by atoms with Gasteiger partial charge in [-0.25, -0.2) is 4.85 Å². The molecule has 0 aliphatic carbocycles. The topological polar surface area (TPSA) is 56.1 Å². The minimum absolute atomic E-state index is 0.428. The number of aromatic nitrogens is 3. The number of rotatable bonds is 3. The summed E-state index contributed by atoms with van der Waals surface area (Å²) in [6.45, 7) is 8.67. The number of hydrogen-bond donors (Lipinski definition) is 0. The quantitative estimate of drug-likeness (QED) is 0.168. The van der Waals surface area contributed by atoms with Crippen LogP contribution in [0.25, 0.3) is 120 Å². The van der Waals surface area contributed by atoms with E-state index in [0.29, 0.717) is 22.6 Å². The molecule has 9 aromatic carbocycles. The largest absolute Gasteiger partial charge is 0.454 e. The molecule has 0 spiro atoms. The summed E-state index contributed by atoms with van der Waals surface area (Å²) in [7, 11) is 0. The van der Waals surface area contributed by atoms with Gasteiger partial charge in [0.25, 0.3) is 0 Å². The van der Waals surface area contributed by atoms with Gasteiger partial charge < -0.3 is 18.1 Å². The highest BCUT2D eigenvalue weighted by atomic mass is 16.3. The van der Waals surface area contributed by atoms with E-state index in [1.165, 1.54) is 10.8 Å². The van der Waals surface area contributed by atoms with Gasteiger partial charge in [-0.15, -0.1) is 0 Å². The number of furan rings is 1. The van der Waals surface area contributed by atoms with E-state index in [2.05, 4.69) is 158 Å². The van der Waals surface area contributed by atoms with Crippen LogP contribution in [0.15, 0.2) is 180 Å². The van der Waals surface area contributed by atoms with E-state index in [1.807, 2.05) is 42.5 Å². The minimum Gasteiger partial charge on any atom is -0.454 e. The second kappa shape index (κ2) is 12.0.